The van der Waals surface area contributed by atoms with E-state index in [1.807, 2.05) is 42.5 Å². The average Bonchev–Trinajstić information content (AvgIpc) is 2.67. The van der Waals surface area contributed by atoms with Gasteiger partial charge in [-0.2, -0.15) is 0 Å². The largest absolute Gasteiger partial charge is 1.00 e. The van der Waals surface area contributed by atoms with Gasteiger partial charge in [-0.1, -0.05) is 50.1 Å². The molecule has 0 spiro atoms. The van der Waals surface area contributed by atoms with Crippen molar-refractivity contribution in [3.8, 4) is 5.88 Å². The molecule has 0 aliphatic carbocycles. The summed E-state index contributed by atoms with van der Waals surface area (Å²) in [6.45, 7) is 2.72. The first-order chi connectivity index (χ1) is 13.1. The van der Waals surface area contributed by atoms with Crippen LogP contribution in [0.3, 0.4) is 0 Å². The number of aliphatic hydroxyl groups excluding tert-OH is 1. The molecule has 2 aromatic rings. The van der Waals surface area contributed by atoms with E-state index in [0.29, 0.717) is 37.3 Å². The van der Waals surface area contributed by atoms with Crippen LogP contribution in [-0.2, 0) is 4.79 Å². The second kappa shape index (κ2) is 13.7. The number of para-hydroxylation sites is 1. The second-order valence-corrected chi connectivity index (χ2v) is 6.62. The first-order valence-corrected chi connectivity index (χ1v) is 9.67. The van der Waals surface area contributed by atoms with Gasteiger partial charge < -0.3 is 19.7 Å². The van der Waals surface area contributed by atoms with E-state index in [-0.39, 0.29) is 36.0 Å². The normalized spacial score (nSPS) is 12.1. The van der Waals surface area contributed by atoms with Crippen molar-refractivity contribution in [3.05, 3.63) is 48.0 Å². The van der Waals surface area contributed by atoms with Crippen LogP contribution in [0.4, 0.5) is 0 Å². The number of rotatable bonds is 12. The fourth-order valence-corrected chi connectivity index (χ4v) is 2.82. The number of hydrogen-bond donors (Lipinski definition) is 1. The van der Waals surface area contributed by atoms with Crippen LogP contribution in [0.15, 0.2) is 42.5 Å². The summed E-state index contributed by atoms with van der Waals surface area (Å²) in [5, 5.41) is 22.0. The Morgan fingerprint density at radius 2 is 2.04 bits per heavy atom. The van der Waals surface area contributed by atoms with Gasteiger partial charge in [-0.3, -0.25) is 0 Å². The Balaban J connectivity index is 0.00000392. The number of carbonyl (C=O) groups is 1. The van der Waals surface area contributed by atoms with E-state index < -0.39 is 12.1 Å². The molecule has 1 aromatic heterocycles. The molecule has 1 atom stereocenters. The van der Waals surface area contributed by atoms with Gasteiger partial charge in [0.25, 0.3) is 0 Å². The number of hydrogen-bond acceptors (Lipinski definition) is 5. The summed E-state index contributed by atoms with van der Waals surface area (Å²) in [5.74, 6) is -0.543. The van der Waals surface area contributed by atoms with Gasteiger partial charge in [0.2, 0.25) is 5.88 Å². The number of aromatic nitrogens is 1. The third kappa shape index (κ3) is 8.31. The Morgan fingerprint density at radius 1 is 1.25 bits per heavy atom. The maximum absolute atomic E-state index is 10.6. The molecule has 146 valence electrons. The molecule has 0 bridgehead atoms. The smallest absolute Gasteiger partial charge is 0.550 e. The number of aliphatic carboxylic acids is 1. The van der Waals surface area contributed by atoms with Crippen LogP contribution >= 0.6 is 0 Å². The number of nitrogens with zero attached hydrogens (tertiary/aromatic N) is 1. The number of aliphatic hydroxyl groups is 1. The zero-order valence-electron chi connectivity index (χ0n) is 16.9. The number of carboxylic acid groups (broad SMARTS) is 1. The van der Waals surface area contributed by atoms with E-state index in [1.165, 1.54) is 0 Å². The van der Waals surface area contributed by atoms with Gasteiger partial charge in [0.15, 0.2) is 0 Å². The van der Waals surface area contributed by atoms with E-state index in [4.69, 9.17) is 4.74 Å². The molecule has 1 unspecified atom stereocenters. The number of ether oxygens (including phenoxy) is 1. The molecule has 1 heterocycles. The maximum atomic E-state index is 10.6. The van der Waals surface area contributed by atoms with Gasteiger partial charge >= 0.3 is 29.6 Å². The van der Waals surface area contributed by atoms with E-state index >= 15 is 0 Å². The number of pyridine rings is 1. The number of benzene rings is 1. The molecule has 1 aromatic carbocycles. The number of allylic oxidation sites excluding steroid dienone is 1. The van der Waals surface area contributed by atoms with Gasteiger partial charge in [-0.05, 0) is 44.2 Å². The Labute approximate surface area is 189 Å². The molecule has 0 fully saturated rings. The molecule has 0 aliphatic heterocycles. The minimum absolute atomic E-state index is 0. The van der Waals surface area contributed by atoms with Crippen molar-refractivity contribution in [1.82, 2.24) is 4.98 Å². The predicted molar refractivity (Wildman–Crippen MR) is 104 cm³/mol. The average molecular weight is 393 g/mol. The zero-order valence-corrected chi connectivity index (χ0v) is 18.9. The SMILES string of the molecule is CCCCCOc1nc2ccccc2cc1C(O)C/C=C/CCCC(=O)[O-].[Na+]. The Kier molecular flexibility index (Phi) is 12.1. The fourth-order valence-electron chi connectivity index (χ4n) is 2.82. The number of unbranched alkanes of at least 4 members (excludes halogenated alkanes) is 3. The van der Waals surface area contributed by atoms with E-state index in [0.717, 1.165) is 30.2 Å². The molecule has 0 saturated carbocycles. The number of carboxylic acids is 1. The van der Waals surface area contributed by atoms with Crippen LogP contribution in [0.2, 0.25) is 0 Å². The standard InChI is InChI=1S/C22H29NO4.Na/c1-2-3-10-15-27-22-18(16-17-11-8-9-12-19(17)23-22)20(24)13-6-4-5-7-14-21(25)26;/h4,6,8-9,11-12,16,20,24H,2-3,5,7,10,13-15H2,1H3,(H,25,26);/q;+1/p-1/b6-4+;. The van der Waals surface area contributed by atoms with Gasteiger partial charge in [0.1, 0.15) is 0 Å². The van der Waals surface area contributed by atoms with Crippen LogP contribution in [0.1, 0.15) is 63.5 Å². The first kappa shape index (κ1) is 24.6. The minimum Gasteiger partial charge on any atom is -0.550 e. The van der Waals surface area contributed by atoms with Crippen molar-refractivity contribution in [2.75, 3.05) is 6.61 Å². The molecule has 0 amide bonds. The molecule has 1 N–H and O–H groups in total. The molecular formula is C22H28NNaO4. The molecule has 6 heteroatoms. The third-order valence-corrected chi connectivity index (χ3v) is 4.34. The van der Waals surface area contributed by atoms with Crippen molar-refractivity contribution in [3.63, 3.8) is 0 Å². The minimum atomic E-state index is -1.03. The van der Waals surface area contributed by atoms with Gasteiger partial charge in [-0.25, -0.2) is 4.98 Å². The molecule has 5 nitrogen and oxygen atoms in total. The molecule has 28 heavy (non-hydrogen) atoms. The van der Waals surface area contributed by atoms with Crippen molar-refractivity contribution in [2.24, 2.45) is 0 Å². The number of fused-ring (bicyclic) bond motifs is 1. The van der Waals surface area contributed by atoms with E-state index in [2.05, 4.69) is 11.9 Å². The van der Waals surface area contributed by atoms with Crippen LogP contribution in [-0.4, -0.2) is 22.7 Å². The van der Waals surface area contributed by atoms with Crippen molar-refractivity contribution < 1.29 is 49.3 Å². The summed E-state index contributed by atoms with van der Waals surface area (Å²) < 4.78 is 5.87. The third-order valence-electron chi connectivity index (χ3n) is 4.34. The quantitative estimate of drug-likeness (QED) is 0.326. The second-order valence-electron chi connectivity index (χ2n) is 6.62. The maximum Gasteiger partial charge on any atom is 1.00 e. The van der Waals surface area contributed by atoms with Crippen molar-refractivity contribution in [1.29, 1.82) is 0 Å². The zero-order chi connectivity index (χ0) is 19.5. The molecule has 0 saturated heterocycles. The Hall–Kier alpha value is -1.40. The molecule has 2 rings (SSSR count). The fraction of sp³-hybridized carbons (Fsp3) is 0.455. The van der Waals surface area contributed by atoms with Crippen molar-refractivity contribution in [2.45, 2.75) is 58.0 Å². The van der Waals surface area contributed by atoms with E-state index in [9.17, 15) is 15.0 Å². The van der Waals surface area contributed by atoms with E-state index in [1.54, 1.807) is 0 Å². The summed E-state index contributed by atoms with van der Waals surface area (Å²) >= 11 is 0. The van der Waals surface area contributed by atoms with Gasteiger partial charge in [-0.15, -0.1) is 0 Å². The summed E-state index contributed by atoms with van der Waals surface area (Å²) in [6, 6.07) is 9.71. The van der Waals surface area contributed by atoms with Crippen LogP contribution in [0.5, 0.6) is 5.88 Å². The van der Waals surface area contributed by atoms with Gasteiger partial charge in [0, 0.05) is 16.9 Å². The monoisotopic (exact) mass is 393 g/mol. The van der Waals surface area contributed by atoms with Crippen molar-refractivity contribution >= 4 is 16.9 Å². The van der Waals surface area contributed by atoms with Crippen LogP contribution in [0, 0.1) is 0 Å². The summed E-state index contributed by atoms with van der Waals surface area (Å²) in [7, 11) is 0. The van der Waals surface area contributed by atoms with Crippen LogP contribution < -0.4 is 39.4 Å². The molecular weight excluding hydrogens is 365 g/mol. The summed E-state index contributed by atoms with van der Waals surface area (Å²) in [4.78, 5) is 15.0. The Bertz CT molecular complexity index is 763. The summed E-state index contributed by atoms with van der Waals surface area (Å²) in [6.07, 6.45) is 7.88. The van der Waals surface area contributed by atoms with Crippen LogP contribution in [0.25, 0.3) is 10.9 Å². The molecule has 0 aliphatic rings. The molecule has 0 radical (unpaired) electrons. The van der Waals surface area contributed by atoms with Gasteiger partial charge in [0.05, 0.1) is 18.2 Å². The topological polar surface area (TPSA) is 82.5 Å². The predicted octanol–water partition coefficient (Wildman–Crippen LogP) is 0.708. The number of carbonyl (C=O) groups excluding carboxylic acids is 1. The Morgan fingerprint density at radius 3 is 2.79 bits per heavy atom. The first-order valence-electron chi connectivity index (χ1n) is 9.67. The summed E-state index contributed by atoms with van der Waals surface area (Å²) in [5.41, 5.74) is 1.53.